The second kappa shape index (κ2) is 6.50. The lowest BCUT2D eigenvalue weighted by Gasteiger charge is -2.36. The summed E-state index contributed by atoms with van der Waals surface area (Å²) in [6.45, 7) is 9.58. The second-order valence-corrected chi connectivity index (χ2v) is 7.82. The molecule has 1 aliphatic heterocycles. The molecule has 0 amide bonds. The van der Waals surface area contributed by atoms with Crippen molar-refractivity contribution in [3.63, 3.8) is 0 Å². The van der Waals surface area contributed by atoms with Gasteiger partial charge in [0.1, 0.15) is 16.5 Å². The minimum absolute atomic E-state index is 0.578. The first kappa shape index (κ1) is 15.1. The Bertz CT molecular complexity index is 613. The predicted molar refractivity (Wildman–Crippen MR) is 93.4 cm³/mol. The number of hydrogen-bond donors (Lipinski definition) is 1. The Hall–Kier alpha value is -0.850. The molecule has 3 heterocycles. The van der Waals surface area contributed by atoms with Gasteiger partial charge in [-0.15, -0.1) is 11.3 Å². The molecule has 1 N–H and O–H groups in total. The van der Waals surface area contributed by atoms with Crippen LogP contribution in [0.15, 0.2) is 11.4 Å². The van der Waals surface area contributed by atoms with Crippen molar-refractivity contribution >= 4 is 39.1 Å². The van der Waals surface area contributed by atoms with E-state index in [2.05, 4.69) is 54.2 Å². The van der Waals surface area contributed by atoms with Gasteiger partial charge in [-0.2, -0.15) is 11.8 Å². The summed E-state index contributed by atoms with van der Waals surface area (Å²) >= 11 is 3.75. The molecule has 1 aliphatic rings. The standard InChI is InChI=1S/C15H22N4S2/c1-4-16-14-12-5-7-21-15(12)18-13(17-14)9-19-6-8-20-11(3)10(19)2/h5,7,10-11H,4,6,8-9H2,1-3H3,(H,16,17,18). The number of thiophene rings is 1. The highest BCUT2D eigenvalue weighted by atomic mass is 32.2. The minimum Gasteiger partial charge on any atom is -0.370 e. The summed E-state index contributed by atoms with van der Waals surface area (Å²) < 4.78 is 0. The Morgan fingerprint density at radius 2 is 2.24 bits per heavy atom. The second-order valence-electron chi connectivity index (χ2n) is 5.45. The van der Waals surface area contributed by atoms with Gasteiger partial charge in [-0.05, 0) is 25.3 Å². The normalized spacial score (nSPS) is 23.6. The van der Waals surface area contributed by atoms with Gasteiger partial charge in [0, 0.05) is 30.1 Å². The van der Waals surface area contributed by atoms with Crippen LogP contribution < -0.4 is 5.32 Å². The number of anilines is 1. The Morgan fingerprint density at radius 1 is 1.38 bits per heavy atom. The summed E-state index contributed by atoms with van der Waals surface area (Å²) in [5.41, 5.74) is 0. The van der Waals surface area contributed by atoms with E-state index in [1.165, 1.54) is 5.75 Å². The van der Waals surface area contributed by atoms with Crippen molar-refractivity contribution in [2.24, 2.45) is 0 Å². The molecule has 0 aliphatic carbocycles. The Balaban J connectivity index is 1.86. The number of rotatable bonds is 4. The van der Waals surface area contributed by atoms with Crippen molar-refractivity contribution < 1.29 is 0 Å². The first-order valence-electron chi connectivity index (χ1n) is 7.52. The zero-order chi connectivity index (χ0) is 14.8. The van der Waals surface area contributed by atoms with E-state index in [0.717, 1.165) is 41.5 Å². The molecule has 2 atom stereocenters. The van der Waals surface area contributed by atoms with Gasteiger partial charge in [-0.3, -0.25) is 4.90 Å². The Labute approximate surface area is 134 Å². The summed E-state index contributed by atoms with van der Waals surface area (Å²) in [7, 11) is 0. The van der Waals surface area contributed by atoms with Gasteiger partial charge in [0.25, 0.3) is 0 Å². The van der Waals surface area contributed by atoms with E-state index in [1.54, 1.807) is 11.3 Å². The Kier molecular flexibility index (Phi) is 4.66. The molecular weight excluding hydrogens is 300 g/mol. The molecule has 114 valence electrons. The number of hydrogen-bond acceptors (Lipinski definition) is 6. The van der Waals surface area contributed by atoms with Crippen molar-refractivity contribution in [2.45, 2.75) is 38.6 Å². The van der Waals surface area contributed by atoms with Gasteiger partial charge in [-0.25, -0.2) is 9.97 Å². The zero-order valence-corrected chi connectivity index (χ0v) is 14.4. The molecule has 0 radical (unpaired) electrons. The molecule has 3 rings (SSSR count). The number of nitrogens with zero attached hydrogens (tertiary/aromatic N) is 3. The van der Waals surface area contributed by atoms with E-state index >= 15 is 0 Å². The van der Waals surface area contributed by atoms with Crippen molar-refractivity contribution in [2.75, 3.05) is 24.2 Å². The number of thioether (sulfide) groups is 1. The largest absolute Gasteiger partial charge is 0.370 e. The summed E-state index contributed by atoms with van der Waals surface area (Å²) in [4.78, 5) is 13.1. The van der Waals surface area contributed by atoms with E-state index in [-0.39, 0.29) is 0 Å². The van der Waals surface area contributed by atoms with Crippen LogP contribution in [0.5, 0.6) is 0 Å². The topological polar surface area (TPSA) is 41.1 Å². The van der Waals surface area contributed by atoms with Gasteiger partial charge < -0.3 is 5.32 Å². The van der Waals surface area contributed by atoms with E-state index in [4.69, 9.17) is 9.97 Å². The van der Waals surface area contributed by atoms with Gasteiger partial charge in [0.2, 0.25) is 0 Å². The third-order valence-corrected chi connectivity index (χ3v) is 6.22. The Morgan fingerprint density at radius 3 is 3.05 bits per heavy atom. The highest BCUT2D eigenvalue weighted by molar-refractivity contribution is 8.00. The van der Waals surface area contributed by atoms with Crippen molar-refractivity contribution in [1.82, 2.24) is 14.9 Å². The molecule has 0 spiro atoms. The van der Waals surface area contributed by atoms with Gasteiger partial charge >= 0.3 is 0 Å². The smallest absolute Gasteiger partial charge is 0.146 e. The maximum absolute atomic E-state index is 4.75. The van der Waals surface area contributed by atoms with Crippen LogP contribution in [0.4, 0.5) is 5.82 Å². The summed E-state index contributed by atoms with van der Waals surface area (Å²) in [6.07, 6.45) is 0. The van der Waals surface area contributed by atoms with Crippen LogP contribution in [-0.4, -0.2) is 45.0 Å². The molecule has 6 heteroatoms. The van der Waals surface area contributed by atoms with E-state index in [0.29, 0.717) is 11.3 Å². The van der Waals surface area contributed by atoms with Gasteiger partial charge in [0.15, 0.2) is 0 Å². The first-order chi connectivity index (χ1) is 10.2. The molecule has 2 aromatic heterocycles. The van der Waals surface area contributed by atoms with Crippen LogP contribution in [0.3, 0.4) is 0 Å². The van der Waals surface area contributed by atoms with Crippen LogP contribution >= 0.6 is 23.1 Å². The van der Waals surface area contributed by atoms with Crippen molar-refractivity contribution in [3.8, 4) is 0 Å². The molecule has 1 fully saturated rings. The molecule has 0 bridgehead atoms. The first-order valence-corrected chi connectivity index (χ1v) is 9.45. The fourth-order valence-electron chi connectivity index (χ4n) is 2.67. The molecule has 21 heavy (non-hydrogen) atoms. The SMILES string of the molecule is CCNc1nc(CN2CCSC(C)C2C)nc2sccc12. The molecule has 2 unspecified atom stereocenters. The summed E-state index contributed by atoms with van der Waals surface area (Å²) in [5, 5.41) is 7.27. The fourth-order valence-corrected chi connectivity index (χ4v) is 4.62. The minimum atomic E-state index is 0.578. The molecule has 4 nitrogen and oxygen atoms in total. The van der Waals surface area contributed by atoms with E-state index in [1.807, 2.05) is 0 Å². The predicted octanol–water partition coefficient (Wildman–Crippen LogP) is 3.45. The quantitative estimate of drug-likeness (QED) is 0.934. The van der Waals surface area contributed by atoms with Crippen LogP contribution in [0.25, 0.3) is 10.2 Å². The molecule has 1 saturated heterocycles. The lowest BCUT2D eigenvalue weighted by molar-refractivity contribution is 0.200. The maximum Gasteiger partial charge on any atom is 0.146 e. The third kappa shape index (κ3) is 3.17. The van der Waals surface area contributed by atoms with E-state index < -0.39 is 0 Å². The molecule has 0 aromatic carbocycles. The van der Waals surface area contributed by atoms with E-state index in [9.17, 15) is 0 Å². The van der Waals surface area contributed by atoms with Crippen LogP contribution in [0.2, 0.25) is 0 Å². The van der Waals surface area contributed by atoms with Crippen molar-refractivity contribution in [3.05, 3.63) is 17.3 Å². The third-order valence-electron chi connectivity index (χ3n) is 4.07. The van der Waals surface area contributed by atoms with Gasteiger partial charge in [-0.1, -0.05) is 6.92 Å². The lowest BCUT2D eigenvalue weighted by Crippen LogP contribution is -2.44. The maximum atomic E-state index is 4.75. The van der Waals surface area contributed by atoms with Gasteiger partial charge in [0.05, 0.1) is 11.9 Å². The van der Waals surface area contributed by atoms with Crippen LogP contribution in [-0.2, 0) is 6.54 Å². The fraction of sp³-hybridized carbons (Fsp3) is 0.600. The van der Waals surface area contributed by atoms with Crippen LogP contribution in [0.1, 0.15) is 26.6 Å². The van der Waals surface area contributed by atoms with Crippen molar-refractivity contribution in [1.29, 1.82) is 0 Å². The highest BCUT2D eigenvalue weighted by Gasteiger charge is 2.26. The highest BCUT2D eigenvalue weighted by Crippen LogP contribution is 2.28. The lowest BCUT2D eigenvalue weighted by atomic mass is 10.2. The molecule has 0 saturated carbocycles. The number of nitrogens with one attached hydrogen (secondary N) is 1. The summed E-state index contributed by atoms with van der Waals surface area (Å²) in [6, 6.07) is 2.68. The monoisotopic (exact) mass is 322 g/mol. The molecular formula is C15H22N4S2. The molecule has 2 aromatic rings. The summed E-state index contributed by atoms with van der Waals surface area (Å²) in [5.74, 6) is 3.12. The number of fused-ring (bicyclic) bond motifs is 1. The average Bonchev–Trinajstić information content (AvgIpc) is 2.93. The van der Waals surface area contributed by atoms with Crippen LogP contribution in [0, 0.1) is 0 Å². The zero-order valence-electron chi connectivity index (χ0n) is 12.8. The number of aromatic nitrogens is 2. The average molecular weight is 323 g/mol.